The van der Waals surface area contributed by atoms with Crippen LogP contribution in [-0.4, -0.2) is 35.2 Å². The summed E-state index contributed by atoms with van der Waals surface area (Å²) in [5.74, 6) is 0. The van der Waals surface area contributed by atoms with Gasteiger partial charge in [-0.2, -0.15) is 0 Å². The maximum atomic E-state index is 5.06. The largest absolute Gasteiger partial charge is 0.358 e. The lowest BCUT2D eigenvalue weighted by Crippen LogP contribution is -2.34. The van der Waals surface area contributed by atoms with E-state index >= 15 is 0 Å². The van der Waals surface area contributed by atoms with Crippen molar-refractivity contribution in [3.63, 3.8) is 0 Å². The summed E-state index contributed by atoms with van der Waals surface area (Å²) in [6, 6.07) is 0. The lowest BCUT2D eigenvalue weighted by Gasteiger charge is -2.25. The number of hydrogen-bond donors (Lipinski definition) is 0. The molecule has 4 heteroatoms. The second-order valence-corrected chi connectivity index (χ2v) is 3.51. The van der Waals surface area contributed by atoms with Crippen molar-refractivity contribution >= 4 is 26.2 Å². The van der Waals surface area contributed by atoms with Gasteiger partial charge in [-0.1, -0.05) is 15.9 Å². The normalized spacial score (nSPS) is 12.0. The van der Waals surface area contributed by atoms with Gasteiger partial charge in [0.05, 0.1) is 0 Å². The third-order valence-electron chi connectivity index (χ3n) is 1.30. The van der Waals surface area contributed by atoms with E-state index in [1.807, 2.05) is 0 Å². The molecule has 0 atom stereocenters. The molecule has 0 aliphatic heterocycles. The van der Waals surface area contributed by atoms with Crippen LogP contribution < -0.4 is 0 Å². The Hall–Kier alpha value is 0.617. The van der Waals surface area contributed by atoms with E-state index in [9.17, 15) is 0 Å². The van der Waals surface area contributed by atoms with E-state index in [0.29, 0.717) is 0 Å². The lowest BCUT2D eigenvalue weighted by molar-refractivity contribution is -0.145. The van der Waals surface area contributed by atoms with E-state index in [1.54, 1.807) is 14.2 Å². The summed E-state index contributed by atoms with van der Waals surface area (Å²) in [5, 5.41) is 0.964. The van der Waals surface area contributed by atoms with Gasteiger partial charge in [0, 0.05) is 19.5 Å². The van der Waals surface area contributed by atoms with Crippen molar-refractivity contribution in [1.29, 1.82) is 0 Å². The van der Waals surface area contributed by atoms with Gasteiger partial charge in [-0.15, -0.1) is 0 Å². The Morgan fingerprint density at radius 2 is 1.90 bits per heavy atom. The minimum Gasteiger partial charge on any atom is -0.358 e. The van der Waals surface area contributed by atoms with Gasteiger partial charge in [0.15, 0.2) is 0 Å². The van der Waals surface area contributed by atoms with Crippen LogP contribution in [0, 0.1) is 0 Å². The SMILES string of the molecule is COC([Si])(CCCBr)OC. The molecule has 0 aliphatic carbocycles. The zero-order valence-corrected chi connectivity index (χ0v) is 8.90. The Morgan fingerprint density at radius 3 is 2.20 bits per heavy atom. The zero-order valence-electron chi connectivity index (χ0n) is 6.32. The number of hydrogen-bond acceptors (Lipinski definition) is 2. The minimum absolute atomic E-state index is 0.590. The zero-order chi connectivity index (χ0) is 8.04. The third kappa shape index (κ3) is 3.70. The molecule has 0 aliphatic rings. The smallest absolute Gasteiger partial charge is 0.143 e. The number of halogens is 1. The van der Waals surface area contributed by atoms with Gasteiger partial charge in [0.1, 0.15) is 15.7 Å². The maximum absolute atomic E-state index is 5.06. The number of methoxy groups -OCH3 is 2. The Morgan fingerprint density at radius 1 is 1.40 bits per heavy atom. The van der Waals surface area contributed by atoms with Crippen LogP contribution in [0.25, 0.3) is 0 Å². The predicted octanol–water partition coefficient (Wildman–Crippen LogP) is 1.28. The second kappa shape index (κ2) is 5.29. The first kappa shape index (κ1) is 10.6. The molecule has 59 valence electrons. The average molecular weight is 224 g/mol. The van der Waals surface area contributed by atoms with Crippen LogP contribution in [0.4, 0.5) is 0 Å². The van der Waals surface area contributed by atoms with E-state index < -0.39 is 5.41 Å². The summed E-state index contributed by atoms with van der Waals surface area (Å²) < 4.78 is 10.1. The summed E-state index contributed by atoms with van der Waals surface area (Å²) in [5.41, 5.74) is -0.590. The molecule has 0 saturated heterocycles. The molecule has 0 aromatic heterocycles. The molecule has 0 unspecified atom stereocenters. The van der Waals surface area contributed by atoms with Crippen LogP contribution >= 0.6 is 15.9 Å². The summed E-state index contributed by atoms with van der Waals surface area (Å²) in [4.78, 5) is 0. The lowest BCUT2D eigenvalue weighted by atomic mass is 10.3. The molecule has 2 nitrogen and oxygen atoms in total. The highest BCUT2D eigenvalue weighted by atomic mass is 79.9. The van der Waals surface area contributed by atoms with Gasteiger partial charge < -0.3 is 9.47 Å². The summed E-state index contributed by atoms with van der Waals surface area (Å²) in [7, 11) is 6.60. The highest BCUT2D eigenvalue weighted by Crippen LogP contribution is 2.13. The molecule has 0 aromatic rings. The van der Waals surface area contributed by atoms with Gasteiger partial charge in [0.2, 0.25) is 0 Å². The van der Waals surface area contributed by atoms with E-state index in [0.717, 1.165) is 18.2 Å². The first-order chi connectivity index (χ1) is 4.68. The Balaban J connectivity index is 3.58. The third-order valence-corrected chi connectivity index (χ3v) is 2.52. The number of ether oxygens (including phenoxy) is 2. The fourth-order valence-corrected chi connectivity index (χ4v) is 1.04. The minimum atomic E-state index is -0.590. The molecular formula is C6H12BrO2Si. The molecule has 0 bridgehead atoms. The van der Waals surface area contributed by atoms with Crippen LogP contribution in [0.1, 0.15) is 12.8 Å². The van der Waals surface area contributed by atoms with Crippen molar-refractivity contribution in [2.75, 3.05) is 19.5 Å². The van der Waals surface area contributed by atoms with Gasteiger partial charge in [0.25, 0.3) is 0 Å². The highest BCUT2D eigenvalue weighted by Gasteiger charge is 2.20. The van der Waals surface area contributed by atoms with Crippen molar-refractivity contribution in [2.45, 2.75) is 18.3 Å². The Labute approximate surface area is 73.8 Å². The van der Waals surface area contributed by atoms with Crippen LogP contribution in [0.3, 0.4) is 0 Å². The standard InChI is InChI=1S/C6H12BrO2Si/c1-8-6(10,9-2)4-3-5-7/h3-5H2,1-2H3. The molecular weight excluding hydrogens is 212 g/mol. The summed E-state index contributed by atoms with van der Waals surface area (Å²) in [6.45, 7) is 0. The molecule has 0 fully saturated rings. The number of alkyl halides is 1. The maximum Gasteiger partial charge on any atom is 0.143 e. The van der Waals surface area contributed by atoms with E-state index in [-0.39, 0.29) is 0 Å². The second-order valence-electron chi connectivity index (χ2n) is 1.95. The van der Waals surface area contributed by atoms with Gasteiger partial charge >= 0.3 is 0 Å². The monoisotopic (exact) mass is 223 g/mol. The molecule has 0 heterocycles. The topological polar surface area (TPSA) is 18.5 Å². The van der Waals surface area contributed by atoms with Crippen molar-refractivity contribution in [2.24, 2.45) is 0 Å². The first-order valence-corrected chi connectivity index (χ1v) is 4.72. The first-order valence-electron chi connectivity index (χ1n) is 3.10. The molecule has 0 amide bonds. The van der Waals surface area contributed by atoms with Crippen molar-refractivity contribution in [3.05, 3.63) is 0 Å². The number of rotatable bonds is 5. The van der Waals surface area contributed by atoms with Crippen LogP contribution in [0.15, 0.2) is 0 Å². The quantitative estimate of drug-likeness (QED) is 0.398. The molecule has 0 saturated carbocycles. The average Bonchev–Trinajstić information content (AvgIpc) is 2.00. The predicted molar refractivity (Wildman–Crippen MR) is 45.5 cm³/mol. The summed E-state index contributed by atoms with van der Waals surface area (Å²) >= 11 is 3.33. The van der Waals surface area contributed by atoms with Gasteiger partial charge in [-0.05, 0) is 12.8 Å². The van der Waals surface area contributed by atoms with Crippen LogP contribution in [-0.2, 0) is 9.47 Å². The van der Waals surface area contributed by atoms with E-state index in [4.69, 9.17) is 9.47 Å². The van der Waals surface area contributed by atoms with Crippen molar-refractivity contribution in [3.8, 4) is 0 Å². The van der Waals surface area contributed by atoms with Crippen molar-refractivity contribution in [1.82, 2.24) is 0 Å². The van der Waals surface area contributed by atoms with Crippen LogP contribution in [0.2, 0.25) is 0 Å². The highest BCUT2D eigenvalue weighted by molar-refractivity contribution is 9.09. The van der Waals surface area contributed by atoms with Gasteiger partial charge in [-0.3, -0.25) is 0 Å². The fraction of sp³-hybridized carbons (Fsp3) is 1.00. The summed E-state index contributed by atoms with van der Waals surface area (Å²) in [6.07, 6.45) is 1.85. The van der Waals surface area contributed by atoms with E-state index in [2.05, 4.69) is 26.2 Å². The van der Waals surface area contributed by atoms with Crippen molar-refractivity contribution < 1.29 is 9.47 Å². The molecule has 0 aromatic carbocycles. The van der Waals surface area contributed by atoms with Gasteiger partial charge in [-0.25, -0.2) is 0 Å². The molecule has 0 spiro atoms. The van der Waals surface area contributed by atoms with E-state index in [1.165, 1.54) is 0 Å². The Bertz CT molecular complexity index is 85.8. The Kier molecular flexibility index (Phi) is 5.62. The molecule has 0 rings (SSSR count). The fourth-order valence-electron chi connectivity index (χ4n) is 0.587. The molecule has 10 heavy (non-hydrogen) atoms. The van der Waals surface area contributed by atoms with Crippen LogP contribution in [0.5, 0.6) is 0 Å². The molecule has 3 radical (unpaired) electrons. The molecule has 0 N–H and O–H groups in total.